The van der Waals surface area contributed by atoms with Crippen LogP contribution in [-0.2, 0) is 6.42 Å². The Bertz CT molecular complexity index is 446. The molecule has 98 valence electrons. The highest BCUT2D eigenvalue weighted by Crippen LogP contribution is 2.20. The van der Waals surface area contributed by atoms with Crippen LogP contribution in [0.1, 0.15) is 18.1 Å². The van der Waals surface area contributed by atoms with Gasteiger partial charge in [-0.2, -0.15) is 0 Å². The second kappa shape index (κ2) is 7.13. The molecule has 18 heavy (non-hydrogen) atoms. The molecule has 4 N–H and O–H groups in total. The van der Waals surface area contributed by atoms with E-state index in [1.165, 1.54) is 5.56 Å². The maximum Gasteiger partial charge on any atom is 0.189 e. The fraction of sp³-hybridized carbons (Fsp3) is 0.333. The van der Waals surface area contributed by atoms with Crippen LogP contribution in [0.2, 0.25) is 0 Å². The van der Waals surface area contributed by atoms with Crippen LogP contribution in [0, 0.1) is 6.92 Å². The molecule has 0 fully saturated rings. The van der Waals surface area contributed by atoms with Crippen molar-refractivity contribution in [3.05, 3.63) is 29.3 Å². The van der Waals surface area contributed by atoms with Crippen LogP contribution in [0.25, 0.3) is 0 Å². The van der Waals surface area contributed by atoms with Crippen LogP contribution in [0.5, 0.6) is 0 Å². The van der Waals surface area contributed by atoms with Crippen LogP contribution in [0.4, 0.5) is 5.69 Å². The smallest absolute Gasteiger partial charge is 0.189 e. The van der Waals surface area contributed by atoms with E-state index in [0.717, 1.165) is 17.7 Å². The highest BCUT2D eigenvalue weighted by molar-refractivity contribution is 7.80. The lowest BCUT2D eigenvalue weighted by Gasteiger charge is -2.16. The minimum absolute atomic E-state index is 0.483. The highest BCUT2D eigenvalue weighted by Gasteiger charge is 2.05. The third-order valence-corrected chi connectivity index (χ3v) is 3.01. The maximum absolute atomic E-state index is 5.20. The number of hydrogen-bond donors (Lipinski definition) is 4. The van der Waals surface area contributed by atoms with Crippen molar-refractivity contribution in [2.45, 2.75) is 20.3 Å². The summed E-state index contributed by atoms with van der Waals surface area (Å²) >= 11 is 10.1. The number of benzene rings is 1. The zero-order valence-corrected chi connectivity index (χ0v) is 12.4. The summed E-state index contributed by atoms with van der Waals surface area (Å²) in [6.45, 7) is 4.17. The van der Waals surface area contributed by atoms with Gasteiger partial charge in [0.25, 0.3) is 0 Å². The number of aryl methyl sites for hydroxylation is 2. The molecule has 0 heterocycles. The molecule has 0 saturated carbocycles. The third-order valence-electron chi connectivity index (χ3n) is 2.50. The summed E-state index contributed by atoms with van der Waals surface area (Å²) in [5, 5.41) is 6.94. The van der Waals surface area contributed by atoms with Gasteiger partial charge in [-0.25, -0.2) is 0 Å². The molecule has 1 aromatic rings. The first-order valence-corrected chi connectivity index (χ1v) is 6.53. The van der Waals surface area contributed by atoms with Gasteiger partial charge in [0.05, 0.1) is 0 Å². The van der Waals surface area contributed by atoms with Crippen molar-refractivity contribution < 1.29 is 0 Å². The van der Waals surface area contributed by atoms with E-state index in [-0.39, 0.29) is 0 Å². The van der Waals surface area contributed by atoms with Gasteiger partial charge < -0.3 is 10.6 Å². The van der Waals surface area contributed by atoms with Gasteiger partial charge in [-0.05, 0) is 48.9 Å². The monoisotopic (exact) mass is 282 g/mol. The van der Waals surface area contributed by atoms with Gasteiger partial charge in [0, 0.05) is 12.7 Å². The van der Waals surface area contributed by atoms with Gasteiger partial charge in [-0.15, -0.1) is 0 Å². The van der Waals surface area contributed by atoms with Gasteiger partial charge in [-0.1, -0.05) is 25.1 Å². The Balaban J connectivity index is 2.67. The molecule has 0 bridgehead atoms. The Morgan fingerprint density at radius 2 is 1.83 bits per heavy atom. The average Bonchev–Trinajstić information content (AvgIpc) is 2.38. The van der Waals surface area contributed by atoms with Crippen LogP contribution in [0.15, 0.2) is 18.2 Å². The van der Waals surface area contributed by atoms with Crippen molar-refractivity contribution in [2.24, 2.45) is 0 Å². The van der Waals surface area contributed by atoms with E-state index in [1.807, 2.05) is 6.07 Å². The van der Waals surface area contributed by atoms with E-state index in [4.69, 9.17) is 24.4 Å². The largest absolute Gasteiger partial charge is 0.364 e. The van der Waals surface area contributed by atoms with Gasteiger partial charge in [0.15, 0.2) is 10.2 Å². The first kappa shape index (κ1) is 14.7. The molecule has 0 saturated heterocycles. The van der Waals surface area contributed by atoms with E-state index >= 15 is 0 Å². The first-order valence-electron chi connectivity index (χ1n) is 5.71. The number of anilines is 1. The number of hydrazine groups is 1. The van der Waals surface area contributed by atoms with E-state index in [2.05, 4.69) is 47.5 Å². The van der Waals surface area contributed by atoms with Gasteiger partial charge in [-0.3, -0.25) is 10.9 Å². The predicted molar refractivity (Wildman–Crippen MR) is 84.7 cm³/mol. The SMILES string of the molecule is CCc1cccc(C)c1NC(=S)NNC(=S)NC. The van der Waals surface area contributed by atoms with Crippen LogP contribution in [0.3, 0.4) is 0 Å². The minimum atomic E-state index is 0.483. The zero-order valence-electron chi connectivity index (χ0n) is 10.8. The lowest BCUT2D eigenvalue weighted by molar-refractivity contribution is 0.853. The fourth-order valence-electron chi connectivity index (χ4n) is 1.52. The third kappa shape index (κ3) is 4.12. The number of para-hydroxylation sites is 1. The van der Waals surface area contributed by atoms with Crippen molar-refractivity contribution in [3.8, 4) is 0 Å². The van der Waals surface area contributed by atoms with Gasteiger partial charge in [0.2, 0.25) is 0 Å². The molecular formula is C12H18N4S2. The molecule has 6 heteroatoms. The number of thiocarbonyl (C=S) groups is 2. The van der Waals surface area contributed by atoms with Crippen molar-refractivity contribution in [3.63, 3.8) is 0 Å². The van der Waals surface area contributed by atoms with E-state index < -0.39 is 0 Å². The van der Waals surface area contributed by atoms with E-state index in [1.54, 1.807) is 7.05 Å². The standard InChI is InChI=1S/C12H18N4S2/c1-4-9-7-5-6-8(2)10(9)14-12(18)16-15-11(17)13-3/h5-7H,4H2,1-3H3,(H2,13,15,17)(H2,14,16,18). The molecule has 0 aromatic heterocycles. The molecule has 0 spiro atoms. The fourth-order valence-corrected chi connectivity index (χ4v) is 1.73. The van der Waals surface area contributed by atoms with Crippen molar-refractivity contribution in [2.75, 3.05) is 12.4 Å². The summed E-state index contributed by atoms with van der Waals surface area (Å²) in [5.41, 5.74) is 9.05. The van der Waals surface area contributed by atoms with Crippen molar-refractivity contribution in [1.29, 1.82) is 0 Å². The molecule has 0 unspecified atom stereocenters. The lowest BCUT2D eigenvalue weighted by atomic mass is 10.1. The molecule has 0 radical (unpaired) electrons. The summed E-state index contributed by atoms with van der Waals surface area (Å²) in [4.78, 5) is 0. The summed E-state index contributed by atoms with van der Waals surface area (Å²) in [5.74, 6) is 0. The Labute approximate surface area is 119 Å². The number of rotatable bonds is 2. The Morgan fingerprint density at radius 3 is 2.44 bits per heavy atom. The molecular weight excluding hydrogens is 264 g/mol. The number of nitrogens with one attached hydrogen (secondary N) is 4. The molecule has 0 aliphatic carbocycles. The average molecular weight is 282 g/mol. The summed E-state index contributed by atoms with van der Waals surface area (Å²) < 4.78 is 0. The second-order valence-corrected chi connectivity index (χ2v) is 4.56. The summed E-state index contributed by atoms with van der Waals surface area (Å²) in [7, 11) is 1.74. The second-order valence-electron chi connectivity index (χ2n) is 3.75. The van der Waals surface area contributed by atoms with Gasteiger partial charge in [0.1, 0.15) is 0 Å². The predicted octanol–water partition coefficient (Wildman–Crippen LogP) is 1.85. The lowest BCUT2D eigenvalue weighted by Crippen LogP contribution is -2.47. The number of hydrogen-bond acceptors (Lipinski definition) is 2. The Kier molecular flexibility index (Phi) is 5.80. The molecule has 4 nitrogen and oxygen atoms in total. The molecule has 0 aliphatic heterocycles. The van der Waals surface area contributed by atoms with Gasteiger partial charge >= 0.3 is 0 Å². The molecule has 0 amide bonds. The molecule has 0 atom stereocenters. The molecule has 0 aliphatic rings. The van der Waals surface area contributed by atoms with Crippen LogP contribution >= 0.6 is 24.4 Å². The highest BCUT2D eigenvalue weighted by atomic mass is 32.1. The Hall–Kier alpha value is -1.40. The van der Waals surface area contributed by atoms with Crippen LogP contribution < -0.4 is 21.5 Å². The molecule has 1 aromatic carbocycles. The van der Waals surface area contributed by atoms with Crippen molar-refractivity contribution >= 4 is 40.3 Å². The normalized spacial score (nSPS) is 9.50. The topological polar surface area (TPSA) is 48.1 Å². The maximum atomic E-state index is 5.20. The van der Waals surface area contributed by atoms with Crippen molar-refractivity contribution in [1.82, 2.24) is 16.2 Å². The summed E-state index contributed by atoms with van der Waals surface area (Å²) in [6.07, 6.45) is 0.953. The zero-order chi connectivity index (χ0) is 13.5. The van der Waals surface area contributed by atoms with E-state index in [9.17, 15) is 0 Å². The minimum Gasteiger partial charge on any atom is -0.364 e. The van der Waals surface area contributed by atoms with Crippen LogP contribution in [-0.4, -0.2) is 17.3 Å². The van der Waals surface area contributed by atoms with E-state index in [0.29, 0.717) is 10.2 Å². The molecule has 1 rings (SSSR count). The first-order chi connectivity index (χ1) is 8.58. The quantitative estimate of drug-likeness (QED) is 0.491. The Morgan fingerprint density at radius 1 is 1.17 bits per heavy atom. The summed E-state index contributed by atoms with van der Waals surface area (Å²) in [6, 6.07) is 6.18.